The van der Waals surface area contributed by atoms with E-state index in [0.29, 0.717) is 0 Å². The van der Waals surface area contributed by atoms with Crippen LogP contribution in [-0.2, 0) is 9.53 Å². The van der Waals surface area contributed by atoms with Crippen LogP contribution in [0.25, 0.3) is 0 Å². The Hall–Kier alpha value is -1.47. The van der Waals surface area contributed by atoms with Crippen LogP contribution in [0.2, 0.25) is 0 Å². The van der Waals surface area contributed by atoms with Crippen molar-refractivity contribution in [1.29, 1.82) is 0 Å². The SMILES string of the molecule is CC1(OCC(=O)O)CN(C(=O)c2cccc(Br)c2F)C1. The monoisotopic (exact) mass is 345 g/mol. The van der Waals surface area contributed by atoms with Crippen molar-refractivity contribution in [3.63, 3.8) is 0 Å². The number of benzene rings is 1. The van der Waals surface area contributed by atoms with E-state index in [4.69, 9.17) is 9.84 Å². The van der Waals surface area contributed by atoms with Gasteiger partial charge in [-0.05, 0) is 35.0 Å². The second-order valence-electron chi connectivity index (χ2n) is 4.89. The summed E-state index contributed by atoms with van der Waals surface area (Å²) in [5.41, 5.74) is -0.698. The zero-order chi connectivity index (χ0) is 14.9. The minimum atomic E-state index is -1.06. The molecule has 1 fully saturated rings. The van der Waals surface area contributed by atoms with Gasteiger partial charge in [0.2, 0.25) is 0 Å². The van der Waals surface area contributed by atoms with Crippen molar-refractivity contribution in [2.75, 3.05) is 19.7 Å². The number of nitrogens with zero attached hydrogens (tertiary/aromatic N) is 1. The molecule has 1 N–H and O–H groups in total. The Labute approximate surface area is 123 Å². The van der Waals surface area contributed by atoms with Crippen LogP contribution in [0.5, 0.6) is 0 Å². The number of ether oxygens (including phenoxy) is 1. The lowest BCUT2D eigenvalue weighted by atomic mass is 9.95. The average Bonchev–Trinajstić information content (AvgIpc) is 2.35. The largest absolute Gasteiger partial charge is 0.480 e. The van der Waals surface area contributed by atoms with Gasteiger partial charge in [0, 0.05) is 0 Å². The molecule has 0 spiro atoms. The van der Waals surface area contributed by atoms with Crippen LogP contribution in [0.4, 0.5) is 4.39 Å². The quantitative estimate of drug-likeness (QED) is 0.904. The smallest absolute Gasteiger partial charge is 0.329 e. The lowest BCUT2D eigenvalue weighted by Crippen LogP contribution is -2.63. The number of carboxylic acid groups (broad SMARTS) is 1. The van der Waals surface area contributed by atoms with E-state index in [0.717, 1.165) is 0 Å². The van der Waals surface area contributed by atoms with E-state index >= 15 is 0 Å². The molecule has 0 unspecified atom stereocenters. The van der Waals surface area contributed by atoms with Gasteiger partial charge in [-0.2, -0.15) is 0 Å². The zero-order valence-corrected chi connectivity index (χ0v) is 12.3. The van der Waals surface area contributed by atoms with Crippen molar-refractivity contribution in [2.24, 2.45) is 0 Å². The van der Waals surface area contributed by atoms with Crippen LogP contribution < -0.4 is 0 Å². The number of aliphatic carboxylic acids is 1. The van der Waals surface area contributed by atoms with E-state index in [9.17, 15) is 14.0 Å². The maximum absolute atomic E-state index is 13.8. The highest BCUT2D eigenvalue weighted by molar-refractivity contribution is 9.10. The summed E-state index contributed by atoms with van der Waals surface area (Å²) in [6, 6.07) is 4.51. The van der Waals surface area contributed by atoms with Gasteiger partial charge in [0.05, 0.1) is 23.1 Å². The van der Waals surface area contributed by atoms with Gasteiger partial charge in [0.1, 0.15) is 18.0 Å². The summed E-state index contributed by atoms with van der Waals surface area (Å²) in [6.07, 6.45) is 0. The molecule has 7 heteroatoms. The van der Waals surface area contributed by atoms with E-state index in [1.54, 1.807) is 13.0 Å². The number of halogens is 2. The van der Waals surface area contributed by atoms with Gasteiger partial charge in [0.15, 0.2) is 0 Å². The molecule has 1 aliphatic rings. The molecule has 0 atom stereocenters. The second-order valence-corrected chi connectivity index (χ2v) is 5.75. The highest BCUT2D eigenvalue weighted by atomic mass is 79.9. The molecule has 0 radical (unpaired) electrons. The number of carbonyl (C=O) groups excluding carboxylic acids is 1. The van der Waals surface area contributed by atoms with Gasteiger partial charge < -0.3 is 14.7 Å². The van der Waals surface area contributed by atoms with E-state index in [-0.39, 0.29) is 23.1 Å². The highest BCUT2D eigenvalue weighted by Crippen LogP contribution is 2.28. The molecule has 5 nitrogen and oxygen atoms in total. The number of carbonyl (C=O) groups is 2. The maximum atomic E-state index is 13.8. The summed E-state index contributed by atoms with van der Waals surface area (Å²) >= 11 is 3.03. The van der Waals surface area contributed by atoms with E-state index in [1.807, 2.05) is 0 Å². The number of rotatable bonds is 4. The Morgan fingerprint density at radius 2 is 2.15 bits per heavy atom. The predicted octanol–water partition coefficient (Wildman–Crippen LogP) is 1.90. The van der Waals surface area contributed by atoms with Gasteiger partial charge in [-0.1, -0.05) is 6.07 Å². The Bertz CT molecular complexity index is 557. The van der Waals surface area contributed by atoms with E-state index in [2.05, 4.69) is 15.9 Å². The van der Waals surface area contributed by atoms with E-state index in [1.165, 1.54) is 17.0 Å². The molecule has 0 saturated carbocycles. The third-order valence-corrected chi connectivity index (χ3v) is 3.68. The summed E-state index contributed by atoms with van der Waals surface area (Å²) in [4.78, 5) is 24.0. The summed E-state index contributed by atoms with van der Waals surface area (Å²) in [7, 11) is 0. The fraction of sp³-hybridized carbons (Fsp3) is 0.385. The van der Waals surface area contributed by atoms with Crippen LogP contribution >= 0.6 is 15.9 Å². The van der Waals surface area contributed by atoms with Crippen molar-refractivity contribution in [1.82, 2.24) is 4.90 Å². The summed E-state index contributed by atoms with van der Waals surface area (Å²) < 4.78 is 19.2. The number of hydrogen-bond acceptors (Lipinski definition) is 3. The summed E-state index contributed by atoms with van der Waals surface area (Å²) in [5, 5.41) is 8.56. The molecule has 0 aliphatic carbocycles. The van der Waals surface area contributed by atoms with Crippen molar-refractivity contribution < 1.29 is 23.8 Å². The molecule has 1 saturated heterocycles. The first-order valence-electron chi connectivity index (χ1n) is 5.91. The first kappa shape index (κ1) is 14.9. The van der Waals surface area contributed by atoms with Crippen molar-refractivity contribution in [2.45, 2.75) is 12.5 Å². The summed E-state index contributed by atoms with van der Waals surface area (Å²) in [6.45, 7) is 1.79. The van der Waals surface area contributed by atoms with Crippen LogP contribution in [0.15, 0.2) is 22.7 Å². The normalized spacial score (nSPS) is 16.6. The maximum Gasteiger partial charge on any atom is 0.329 e. The van der Waals surface area contributed by atoms with Crippen LogP contribution in [0.3, 0.4) is 0 Å². The molecule has 108 valence electrons. The fourth-order valence-electron chi connectivity index (χ4n) is 2.07. The van der Waals surface area contributed by atoms with Gasteiger partial charge in [0.25, 0.3) is 5.91 Å². The lowest BCUT2D eigenvalue weighted by Gasteiger charge is -2.47. The van der Waals surface area contributed by atoms with Gasteiger partial charge in [-0.25, -0.2) is 9.18 Å². The molecule has 0 bridgehead atoms. The van der Waals surface area contributed by atoms with E-state index < -0.39 is 29.9 Å². The lowest BCUT2D eigenvalue weighted by molar-refractivity contribution is -0.159. The minimum absolute atomic E-state index is 0.0142. The average molecular weight is 346 g/mol. The number of carboxylic acids is 1. The molecule has 2 rings (SSSR count). The number of likely N-dealkylation sites (tertiary alicyclic amines) is 1. The highest BCUT2D eigenvalue weighted by Gasteiger charge is 2.43. The molecule has 1 aliphatic heterocycles. The first-order chi connectivity index (χ1) is 9.32. The molecular formula is C13H13BrFNO4. The van der Waals surface area contributed by atoms with Crippen LogP contribution in [0, 0.1) is 5.82 Å². The van der Waals surface area contributed by atoms with Crippen molar-refractivity contribution in [3.05, 3.63) is 34.1 Å². The Morgan fingerprint density at radius 3 is 2.75 bits per heavy atom. The molecule has 1 amide bonds. The third kappa shape index (κ3) is 2.99. The fourth-order valence-corrected chi connectivity index (χ4v) is 2.44. The first-order valence-corrected chi connectivity index (χ1v) is 6.71. The topological polar surface area (TPSA) is 66.8 Å². The molecular weight excluding hydrogens is 333 g/mol. The molecule has 1 aromatic rings. The predicted molar refractivity (Wildman–Crippen MR) is 72.0 cm³/mol. The standard InChI is InChI=1S/C13H13BrFNO4/c1-13(20-5-10(17)18)6-16(7-13)12(19)8-3-2-4-9(14)11(8)15/h2-4H,5-7H2,1H3,(H,17,18). The van der Waals surface area contributed by atoms with Gasteiger partial charge in [-0.3, -0.25) is 4.79 Å². The Balaban J connectivity index is 2.00. The molecule has 1 heterocycles. The molecule has 20 heavy (non-hydrogen) atoms. The number of hydrogen-bond donors (Lipinski definition) is 1. The molecule has 0 aromatic heterocycles. The number of amides is 1. The summed E-state index contributed by atoms with van der Waals surface area (Å²) in [5.74, 6) is -2.09. The minimum Gasteiger partial charge on any atom is -0.480 e. The van der Waals surface area contributed by atoms with Crippen LogP contribution in [0.1, 0.15) is 17.3 Å². The van der Waals surface area contributed by atoms with Crippen molar-refractivity contribution >= 4 is 27.8 Å². The van der Waals surface area contributed by atoms with Crippen LogP contribution in [-0.4, -0.2) is 47.2 Å². The molecule has 1 aromatic carbocycles. The second kappa shape index (κ2) is 5.49. The Morgan fingerprint density at radius 1 is 1.50 bits per heavy atom. The third-order valence-electron chi connectivity index (χ3n) is 3.06. The Kier molecular flexibility index (Phi) is 4.10. The van der Waals surface area contributed by atoms with Gasteiger partial charge >= 0.3 is 5.97 Å². The van der Waals surface area contributed by atoms with Crippen molar-refractivity contribution in [3.8, 4) is 0 Å². The van der Waals surface area contributed by atoms with Gasteiger partial charge in [-0.15, -0.1) is 0 Å². The zero-order valence-electron chi connectivity index (χ0n) is 10.7.